The lowest BCUT2D eigenvalue weighted by Gasteiger charge is -2.36. The van der Waals surface area contributed by atoms with E-state index < -0.39 is 0 Å². The molecule has 1 heterocycles. The highest BCUT2D eigenvalue weighted by Crippen LogP contribution is 2.40. The van der Waals surface area contributed by atoms with Gasteiger partial charge in [-0.2, -0.15) is 0 Å². The van der Waals surface area contributed by atoms with Crippen molar-refractivity contribution in [2.24, 2.45) is 24.8 Å². The molecule has 0 aliphatic heterocycles. The molecular weight excluding hydrogens is 252 g/mol. The predicted molar refractivity (Wildman–Crippen MR) is 75.8 cm³/mol. The summed E-state index contributed by atoms with van der Waals surface area (Å²) < 4.78 is 1.98. The van der Waals surface area contributed by atoms with Crippen LogP contribution in [0.2, 0.25) is 0 Å². The van der Waals surface area contributed by atoms with Gasteiger partial charge in [-0.05, 0) is 37.3 Å². The summed E-state index contributed by atoms with van der Waals surface area (Å²) in [6, 6.07) is 2.01. The number of rotatable bonds is 3. The maximum absolute atomic E-state index is 12.3. The predicted octanol–water partition coefficient (Wildman–Crippen LogP) is 2.04. The Hall–Kier alpha value is -1.58. The van der Waals surface area contributed by atoms with Gasteiger partial charge < -0.3 is 9.88 Å². The van der Waals surface area contributed by atoms with Gasteiger partial charge in [-0.3, -0.25) is 9.59 Å². The molecule has 4 nitrogen and oxygen atoms in total. The lowest BCUT2D eigenvalue weighted by Crippen LogP contribution is -2.42. The summed E-state index contributed by atoms with van der Waals surface area (Å²) in [5, 5.41) is 3.02. The molecule has 2 atom stereocenters. The molecule has 3 rings (SSSR count). The minimum atomic E-state index is 0.0340. The quantitative estimate of drug-likeness (QED) is 0.917. The summed E-state index contributed by atoms with van der Waals surface area (Å²) >= 11 is 0. The minimum Gasteiger partial charge on any atom is -0.357 e. The van der Waals surface area contributed by atoms with E-state index in [1.807, 2.05) is 30.1 Å². The second kappa shape index (κ2) is 5.43. The van der Waals surface area contributed by atoms with Crippen LogP contribution < -0.4 is 5.32 Å². The molecule has 0 radical (unpaired) electrons. The van der Waals surface area contributed by atoms with Gasteiger partial charge >= 0.3 is 0 Å². The zero-order valence-electron chi connectivity index (χ0n) is 12.0. The molecule has 20 heavy (non-hydrogen) atoms. The van der Waals surface area contributed by atoms with Crippen molar-refractivity contribution >= 4 is 11.7 Å². The summed E-state index contributed by atoms with van der Waals surface area (Å²) in [6.07, 6.45) is 8.63. The fourth-order valence-corrected chi connectivity index (χ4v) is 3.69. The Labute approximate surface area is 119 Å². The highest BCUT2D eigenvalue weighted by molar-refractivity contribution is 5.88. The topological polar surface area (TPSA) is 51.1 Å². The molecule has 0 aromatic carbocycles. The Morgan fingerprint density at radius 1 is 1.35 bits per heavy atom. The number of fused-ring (bicyclic) bond motifs is 2. The molecule has 2 unspecified atom stereocenters. The van der Waals surface area contributed by atoms with Gasteiger partial charge in [0.15, 0.2) is 0 Å². The van der Waals surface area contributed by atoms with Crippen molar-refractivity contribution in [3.63, 3.8) is 0 Å². The number of nitrogens with zero attached hydrogens (tertiary/aromatic N) is 1. The Kier molecular flexibility index (Phi) is 3.64. The summed E-state index contributed by atoms with van der Waals surface area (Å²) in [4.78, 5) is 24.3. The van der Waals surface area contributed by atoms with Crippen molar-refractivity contribution in [2.75, 3.05) is 0 Å². The Morgan fingerprint density at radius 2 is 2.05 bits per heavy atom. The van der Waals surface area contributed by atoms with E-state index in [4.69, 9.17) is 0 Å². The van der Waals surface area contributed by atoms with Crippen LogP contribution in [0.1, 0.15) is 37.7 Å². The van der Waals surface area contributed by atoms with Gasteiger partial charge in [0.05, 0.1) is 0 Å². The zero-order chi connectivity index (χ0) is 14.1. The molecule has 4 heteroatoms. The van der Waals surface area contributed by atoms with Crippen LogP contribution in [0.5, 0.6) is 0 Å². The fourth-order valence-electron chi connectivity index (χ4n) is 3.69. The van der Waals surface area contributed by atoms with Crippen LogP contribution in [0.15, 0.2) is 18.5 Å². The number of carbonyl (C=O) groups is 2. The number of aromatic nitrogens is 1. The maximum atomic E-state index is 12.3. The van der Waals surface area contributed by atoms with Gasteiger partial charge in [0.25, 0.3) is 0 Å². The van der Waals surface area contributed by atoms with Crippen LogP contribution in [-0.4, -0.2) is 16.3 Å². The molecule has 2 saturated carbocycles. The molecule has 2 aliphatic carbocycles. The number of aryl methyl sites for hydroxylation is 1. The van der Waals surface area contributed by atoms with Crippen LogP contribution in [0.4, 0.5) is 0 Å². The lowest BCUT2D eigenvalue weighted by molar-refractivity contribution is -0.137. The van der Waals surface area contributed by atoms with E-state index in [1.54, 1.807) is 0 Å². The Bertz CT molecular complexity index is 504. The molecular formula is C16H22N2O2. The zero-order valence-corrected chi connectivity index (χ0v) is 12.0. The average Bonchev–Trinajstić information content (AvgIpc) is 2.81. The van der Waals surface area contributed by atoms with Gasteiger partial charge in [-0.25, -0.2) is 0 Å². The van der Waals surface area contributed by atoms with Crippen molar-refractivity contribution in [3.05, 3.63) is 24.0 Å². The third-order valence-corrected chi connectivity index (χ3v) is 4.78. The average molecular weight is 274 g/mol. The molecule has 1 amide bonds. The molecule has 0 saturated heterocycles. The number of amides is 1. The van der Waals surface area contributed by atoms with E-state index in [1.165, 1.54) is 0 Å². The smallest absolute Gasteiger partial charge is 0.223 e. The van der Waals surface area contributed by atoms with Crippen molar-refractivity contribution in [3.8, 4) is 0 Å². The first kappa shape index (κ1) is 13.4. The Morgan fingerprint density at radius 3 is 2.65 bits per heavy atom. The molecule has 1 aromatic heterocycles. The number of ketones is 1. The van der Waals surface area contributed by atoms with E-state index in [0.29, 0.717) is 12.3 Å². The van der Waals surface area contributed by atoms with Gasteiger partial charge in [0, 0.05) is 43.7 Å². The van der Waals surface area contributed by atoms with Crippen molar-refractivity contribution in [2.45, 2.75) is 38.6 Å². The van der Waals surface area contributed by atoms with Crippen LogP contribution in [0.25, 0.3) is 0 Å². The Balaban J connectivity index is 1.56. The highest BCUT2D eigenvalue weighted by Gasteiger charge is 2.41. The van der Waals surface area contributed by atoms with Gasteiger partial charge in [0.2, 0.25) is 5.91 Å². The first-order valence-electron chi connectivity index (χ1n) is 7.56. The molecule has 2 aliphatic rings. The third kappa shape index (κ3) is 2.65. The summed E-state index contributed by atoms with van der Waals surface area (Å²) in [7, 11) is 1.97. The number of hydrogen-bond donors (Lipinski definition) is 1. The minimum absolute atomic E-state index is 0.0340. The summed E-state index contributed by atoms with van der Waals surface area (Å²) in [6.45, 7) is 0.583. The van der Waals surface area contributed by atoms with E-state index in [-0.39, 0.29) is 23.7 Å². The third-order valence-electron chi connectivity index (χ3n) is 4.78. The monoisotopic (exact) mass is 274 g/mol. The van der Waals surface area contributed by atoms with Crippen LogP contribution in [0, 0.1) is 17.8 Å². The van der Waals surface area contributed by atoms with E-state index in [9.17, 15) is 9.59 Å². The van der Waals surface area contributed by atoms with E-state index >= 15 is 0 Å². The van der Waals surface area contributed by atoms with Gasteiger partial charge in [-0.1, -0.05) is 6.42 Å². The van der Waals surface area contributed by atoms with Crippen molar-refractivity contribution in [1.82, 2.24) is 9.88 Å². The standard InChI is InChI=1S/C16H22N2O2/c1-18-6-5-11(10-18)9-17-16(20)14-7-12-3-2-4-13(8-14)15(12)19/h5-6,10,12-14H,2-4,7-9H2,1H3,(H,17,20). The lowest BCUT2D eigenvalue weighted by atomic mass is 9.67. The number of carbonyl (C=O) groups excluding carboxylic acids is 2. The molecule has 108 valence electrons. The van der Waals surface area contributed by atoms with Crippen LogP contribution in [0.3, 0.4) is 0 Å². The number of Topliss-reactive ketones (excluding diaryl/α,β-unsaturated/α-hetero) is 1. The van der Waals surface area contributed by atoms with E-state index in [0.717, 1.165) is 37.7 Å². The molecule has 1 N–H and O–H groups in total. The maximum Gasteiger partial charge on any atom is 0.223 e. The largest absolute Gasteiger partial charge is 0.357 e. The van der Waals surface area contributed by atoms with Gasteiger partial charge in [0.1, 0.15) is 5.78 Å². The first-order valence-corrected chi connectivity index (χ1v) is 7.56. The van der Waals surface area contributed by atoms with Gasteiger partial charge in [-0.15, -0.1) is 0 Å². The molecule has 0 spiro atoms. The van der Waals surface area contributed by atoms with E-state index in [2.05, 4.69) is 5.32 Å². The van der Waals surface area contributed by atoms with Crippen LogP contribution >= 0.6 is 0 Å². The first-order chi connectivity index (χ1) is 9.63. The molecule has 2 bridgehead atoms. The number of nitrogens with one attached hydrogen (secondary N) is 1. The second-order valence-corrected chi connectivity index (χ2v) is 6.30. The molecule has 1 aromatic rings. The second-order valence-electron chi connectivity index (χ2n) is 6.30. The van der Waals surface area contributed by atoms with Crippen molar-refractivity contribution < 1.29 is 9.59 Å². The van der Waals surface area contributed by atoms with Crippen molar-refractivity contribution in [1.29, 1.82) is 0 Å². The summed E-state index contributed by atoms with van der Waals surface area (Å²) in [5.74, 6) is 0.873. The highest BCUT2D eigenvalue weighted by atomic mass is 16.2. The van der Waals surface area contributed by atoms with Crippen LogP contribution in [-0.2, 0) is 23.2 Å². The molecule has 2 fully saturated rings. The fraction of sp³-hybridized carbons (Fsp3) is 0.625. The SMILES string of the molecule is Cn1ccc(CNC(=O)C2CC3CCCC(C2)C3=O)c1. The number of hydrogen-bond acceptors (Lipinski definition) is 2. The normalized spacial score (nSPS) is 29.2. The summed E-state index contributed by atoms with van der Waals surface area (Å²) in [5.41, 5.74) is 1.12.